The summed E-state index contributed by atoms with van der Waals surface area (Å²) in [5, 5.41) is 2.60. The van der Waals surface area contributed by atoms with Crippen molar-refractivity contribution in [2.45, 2.75) is 58.2 Å². The molecule has 19 heavy (non-hydrogen) atoms. The van der Waals surface area contributed by atoms with Gasteiger partial charge in [0.05, 0.1) is 0 Å². The monoisotopic (exact) mass is 316 g/mol. The van der Waals surface area contributed by atoms with E-state index >= 15 is 0 Å². The van der Waals surface area contributed by atoms with Crippen LogP contribution in [0, 0.1) is 0 Å². The van der Waals surface area contributed by atoms with Crippen LogP contribution in [-0.2, 0) is 4.43 Å². The minimum Gasteiger partial charge on any atom is -0.535 e. The Balaban J connectivity index is 3.01. The van der Waals surface area contributed by atoms with Crippen molar-refractivity contribution in [3.63, 3.8) is 0 Å². The average Bonchev–Trinajstić information content (AvgIpc) is 2.76. The molecule has 4 heteroatoms. The summed E-state index contributed by atoms with van der Waals surface area (Å²) in [5.41, 5.74) is 1.62. The van der Waals surface area contributed by atoms with Crippen LogP contribution in [0.4, 0.5) is 0 Å². The number of hydrogen-bond acceptors (Lipinski definition) is 2. The predicted molar refractivity (Wildman–Crippen MR) is 90.3 cm³/mol. The van der Waals surface area contributed by atoms with Crippen LogP contribution in [0.15, 0.2) is 22.7 Å². The lowest BCUT2D eigenvalue weighted by molar-refractivity contribution is 0.404. The van der Waals surface area contributed by atoms with Crippen molar-refractivity contribution in [2.24, 2.45) is 0 Å². The molecule has 0 spiro atoms. The zero-order valence-corrected chi connectivity index (χ0v) is 15.3. The van der Waals surface area contributed by atoms with Crippen molar-refractivity contribution < 1.29 is 4.43 Å². The number of rotatable bonds is 6. The molecule has 1 heterocycles. The minimum atomic E-state index is -1.92. The van der Waals surface area contributed by atoms with Crippen LogP contribution in [0.5, 0.6) is 0 Å². The van der Waals surface area contributed by atoms with E-state index in [1.807, 2.05) is 17.5 Å². The second kappa shape index (κ2) is 6.96. The Morgan fingerprint density at radius 3 is 2.05 bits per heavy atom. The van der Waals surface area contributed by atoms with E-state index in [0.29, 0.717) is 21.8 Å². The molecule has 1 aromatic rings. The Morgan fingerprint density at radius 1 is 1.16 bits per heavy atom. The Kier molecular flexibility index (Phi) is 6.15. The van der Waals surface area contributed by atoms with Crippen molar-refractivity contribution >= 4 is 37.3 Å². The molecule has 1 aromatic heterocycles. The SMILES string of the molecule is CC(C)[Si](OC(Cl)=Cc1cccs1)(C(C)C)C(C)C. The molecule has 1 rings (SSSR count). The molecule has 108 valence electrons. The van der Waals surface area contributed by atoms with Gasteiger partial charge >= 0.3 is 0 Å². The van der Waals surface area contributed by atoms with Crippen LogP contribution in [0.1, 0.15) is 46.4 Å². The molecule has 1 nitrogen and oxygen atoms in total. The molecule has 0 aliphatic heterocycles. The van der Waals surface area contributed by atoms with Gasteiger partial charge in [-0.2, -0.15) is 0 Å². The van der Waals surface area contributed by atoms with Gasteiger partial charge in [-0.1, -0.05) is 47.6 Å². The van der Waals surface area contributed by atoms with Crippen LogP contribution in [0.25, 0.3) is 6.08 Å². The quantitative estimate of drug-likeness (QED) is 0.431. The summed E-state index contributed by atoms with van der Waals surface area (Å²) in [6, 6.07) is 4.08. The highest BCUT2D eigenvalue weighted by Gasteiger charge is 2.47. The first kappa shape index (κ1) is 16.8. The molecular formula is C15H25ClOSSi. The second-order valence-electron chi connectivity index (χ2n) is 5.88. The summed E-state index contributed by atoms with van der Waals surface area (Å²) >= 11 is 8.05. The first-order valence-corrected chi connectivity index (χ1v) is 10.3. The molecule has 0 saturated carbocycles. The summed E-state index contributed by atoms with van der Waals surface area (Å²) < 4.78 is 6.37. The fraction of sp³-hybridized carbons (Fsp3) is 0.600. The highest BCUT2D eigenvalue weighted by molar-refractivity contribution is 7.10. The lowest BCUT2D eigenvalue weighted by Crippen LogP contribution is -2.47. The highest BCUT2D eigenvalue weighted by Crippen LogP contribution is 2.44. The van der Waals surface area contributed by atoms with Crippen LogP contribution in [0.2, 0.25) is 16.6 Å². The molecular weight excluding hydrogens is 292 g/mol. The van der Waals surface area contributed by atoms with Gasteiger partial charge in [-0.3, -0.25) is 0 Å². The van der Waals surface area contributed by atoms with Crippen molar-refractivity contribution in [1.82, 2.24) is 0 Å². The molecule has 0 unspecified atom stereocenters. The van der Waals surface area contributed by atoms with Gasteiger partial charge in [0.25, 0.3) is 8.32 Å². The number of hydrogen-bond donors (Lipinski definition) is 0. The highest BCUT2D eigenvalue weighted by atomic mass is 35.5. The largest absolute Gasteiger partial charge is 0.535 e. The van der Waals surface area contributed by atoms with E-state index in [1.54, 1.807) is 11.3 Å². The van der Waals surface area contributed by atoms with Gasteiger partial charge in [0.1, 0.15) is 0 Å². The Labute approximate surface area is 127 Å². The van der Waals surface area contributed by atoms with E-state index in [1.165, 1.54) is 0 Å². The van der Waals surface area contributed by atoms with Crippen LogP contribution in [-0.4, -0.2) is 8.32 Å². The Hall–Kier alpha value is -0.253. The maximum Gasteiger partial charge on any atom is 0.259 e. The van der Waals surface area contributed by atoms with E-state index in [-0.39, 0.29) is 0 Å². The molecule has 0 N–H and O–H groups in total. The first-order valence-electron chi connectivity index (χ1n) is 6.90. The maximum absolute atomic E-state index is 6.37. The molecule has 0 atom stereocenters. The van der Waals surface area contributed by atoms with Crippen molar-refractivity contribution in [3.8, 4) is 0 Å². The number of halogens is 1. The summed E-state index contributed by atoms with van der Waals surface area (Å²) in [5.74, 6) is 0. The lowest BCUT2D eigenvalue weighted by atomic mass is 10.5. The van der Waals surface area contributed by atoms with Gasteiger partial charge < -0.3 is 4.43 Å². The molecule has 0 radical (unpaired) electrons. The fourth-order valence-corrected chi connectivity index (χ4v) is 9.37. The van der Waals surface area contributed by atoms with Gasteiger partial charge in [-0.15, -0.1) is 11.3 Å². The van der Waals surface area contributed by atoms with Gasteiger partial charge in [0.15, 0.2) is 5.22 Å². The zero-order chi connectivity index (χ0) is 14.6. The lowest BCUT2D eigenvalue weighted by Gasteiger charge is -2.41. The minimum absolute atomic E-state index is 0.540. The number of thiophene rings is 1. The third kappa shape index (κ3) is 3.86. The molecule has 0 fully saturated rings. The van der Waals surface area contributed by atoms with Gasteiger partial charge in [0.2, 0.25) is 0 Å². The molecule has 0 saturated heterocycles. The third-order valence-electron chi connectivity index (χ3n) is 3.78. The second-order valence-corrected chi connectivity index (χ2v) is 12.6. The van der Waals surface area contributed by atoms with Crippen LogP contribution < -0.4 is 0 Å². The molecule has 0 aromatic carbocycles. The Bertz CT molecular complexity index is 388. The zero-order valence-electron chi connectivity index (χ0n) is 12.7. The molecule has 0 bridgehead atoms. The van der Waals surface area contributed by atoms with E-state index in [0.717, 1.165) is 4.88 Å². The maximum atomic E-state index is 6.37. The fourth-order valence-electron chi connectivity index (χ4n) is 3.04. The summed E-state index contributed by atoms with van der Waals surface area (Å²) in [6.07, 6.45) is 1.95. The molecule has 0 aliphatic carbocycles. The smallest absolute Gasteiger partial charge is 0.259 e. The topological polar surface area (TPSA) is 9.23 Å². The summed E-state index contributed by atoms with van der Waals surface area (Å²) in [4.78, 5) is 1.14. The van der Waals surface area contributed by atoms with Crippen molar-refractivity contribution in [3.05, 3.63) is 27.6 Å². The summed E-state index contributed by atoms with van der Waals surface area (Å²) in [7, 11) is -1.92. The van der Waals surface area contributed by atoms with Crippen LogP contribution in [0.3, 0.4) is 0 Å². The van der Waals surface area contributed by atoms with Crippen molar-refractivity contribution in [2.75, 3.05) is 0 Å². The van der Waals surface area contributed by atoms with Crippen molar-refractivity contribution in [1.29, 1.82) is 0 Å². The predicted octanol–water partition coefficient (Wildman–Crippen LogP) is 6.48. The normalized spacial score (nSPS) is 13.7. The average molecular weight is 317 g/mol. The molecule has 0 aliphatic rings. The summed E-state index contributed by atoms with van der Waals surface area (Å²) in [6.45, 7) is 13.6. The van der Waals surface area contributed by atoms with Gasteiger partial charge in [0, 0.05) is 11.0 Å². The first-order chi connectivity index (χ1) is 8.80. The van der Waals surface area contributed by atoms with E-state index in [2.05, 4.69) is 47.6 Å². The standard InChI is InChI=1S/C15H25ClOSSi/c1-11(2)19(12(3)4,13(5)6)17-15(16)10-14-8-7-9-18-14/h7-13H,1-6H3. The third-order valence-corrected chi connectivity index (χ3v) is 10.9. The Morgan fingerprint density at radius 2 is 1.68 bits per heavy atom. The van der Waals surface area contributed by atoms with Crippen LogP contribution >= 0.6 is 22.9 Å². The molecule has 0 amide bonds. The van der Waals surface area contributed by atoms with E-state index in [9.17, 15) is 0 Å². The van der Waals surface area contributed by atoms with Gasteiger partial charge in [-0.05, 0) is 39.7 Å². The van der Waals surface area contributed by atoms with E-state index < -0.39 is 8.32 Å². The van der Waals surface area contributed by atoms with E-state index in [4.69, 9.17) is 16.0 Å². The van der Waals surface area contributed by atoms with Gasteiger partial charge in [-0.25, -0.2) is 0 Å².